The van der Waals surface area contributed by atoms with Crippen molar-refractivity contribution in [3.05, 3.63) is 78.4 Å². The van der Waals surface area contributed by atoms with Crippen LogP contribution in [0.4, 0.5) is 0 Å². The first-order chi connectivity index (χ1) is 12.7. The van der Waals surface area contributed by atoms with Crippen LogP contribution in [-0.4, -0.2) is 28.6 Å². The summed E-state index contributed by atoms with van der Waals surface area (Å²) in [5, 5.41) is 13.2. The van der Waals surface area contributed by atoms with Crippen molar-refractivity contribution in [3.8, 4) is 11.3 Å². The molecule has 130 valence electrons. The average molecular weight is 344 g/mol. The third-order valence-electron chi connectivity index (χ3n) is 4.75. The van der Waals surface area contributed by atoms with E-state index in [2.05, 4.69) is 5.32 Å². The molecule has 0 fully saturated rings. The Morgan fingerprint density at radius 3 is 2.62 bits per heavy atom. The van der Waals surface area contributed by atoms with Gasteiger partial charge in [0.05, 0.1) is 16.8 Å². The van der Waals surface area contributed by atoms with Crippen molar-refractivity contribution < 1.29 is 9.90 Å². The van der Waals surface area contributed by atoms with Gasteiger partial charge in [0, 0.05) is 29.5 Å². The third-order valence-corrected chi connectivity index (χ3v) is 4.75. The molecule has 1 aliphatic carbocycles. The van der Waals surface area contributed by atoms with Gasteiger partial charge in [-0.25, -0.2) is 4.98 Å². The Morgan fingerprint density at radius 2 is 1.85 bits per heavy atom. The molecule has 2 N–H and O–H groups in total. The molecule has 4 heteroatoms. The molecule has 2 atom stereocenters. The molecule has 1 amide bonds. The summed E-state index contributed by atoms with van der Waals surface area (Å²) in [6, 6.07) is 19.4. The van der Waals surface area contributed by atoms with Gasteiger partial charge < -0.3 is 10.4 Å². The molecular formula is C22H20N2O2. The maximum Gasteiger partial charge on any atom is 0.252 e. The zero-order valence-electron chi connectivity index (χ0n) is 14.3. The van der Waals surface area contributed by atoms with E-state index in [1.165, 1.54) is 0 Å². The highest BCUT2D eigenvalue weighted by atomic mass is 16.3. The number of rotatable bonds is 4. The minimum atomic E-state index is -0.117. The van der Waals surface area contributed by atoms with Crippen molar-refractivity contribution in [1.29, 1.82) is 0 Å². The number of nitrogens with zero attached hydrogens (tertiary/aromatic N) is 1. The number of benzene rings is 2. The highest BCUT2D eigenvalue weighted by Gasteiger charge is 2.21. The van der Waals surface area contributed by atoms with Gasteiger partial charge in [0.25, 0.3) is 5.91 Å². The number of carbonyl (C=O) groups is 1. The number of aliphatic hydroxyl groups is 1. The van der Waals surface area contributed by atoms with Gasteiger partial charge in [-0.3, -0.25) is 4.79 Å². The summed E-state index contributed by atoms with van der Waals surface area (Å²) in [5.41, 5.74) is 3.18. The molecule has 2 aromatic carbocycles. The van der Waals surface area contributed by atoms with Gasteiger partial charge in [0.2, 0.25) is 0 Å². The van der Waals surface area contributed by atoms with Crippen LogP contribution < -0.4 is 5.32 Å². The number of aromatic nitrogens is 1. The number of amides is 1. The Balaban J connectivity index is 1.71. The zero-order chi connectivity index (χ0) is 17.9. The molecule has 0 spiro atoms. The van der Waals surface area contributed by atoms with Gasteiger partial charge in [-0.2, -0.15) is 0 Å². The lowest BCUT2D eigenvalue weighted by Gasteiger charge is -2.15. The molecule has 0 saturated carbocycles. The number of nitrogens with one attached hydrogen (secondary N) is 1. The molecule has 26 heavy (non-hydrogen) atoms. The monoisotopic (exact) mass is 344 g/mol. The number of pyridine rings is 1. The van der Waals surface area contributed by atoms with Crippen molar-refractivity contribution in [3.63, 3.8) is 0 Å². The van der Waals surface area contributed by atoms with E-state index in [1.54, 1.807) is 0 Å². The molecule has 1 heterocycles. The minimum Gasteiger partial charge on any atom is -0.396 e. The topological polar surface area (TPSA) is 62.2 Å². The van der Waals surface area contributed by atoms with Crippen LogP contribution in [0.1, 0.15) is 16.8 Å². The van der Waals surface area contributed by atoms with E-state index in [9.17, 15) is 9.90 Å². The Bertz CT molecular complexity index is 966. The Hall–Kier alpha value is -2.98. The van der Waals surface area contributed by atoms with Crippen LogP contribution in [0.2, 0.25) is 0 Å². The summed E-state index contributed by atoms with van der Waals surface area (Å²) in [6.07, 6.45) is 4.65. The van der Waals surface area contributed by atoms with Gasteiger partial charge in [-0.15, -0.1) is 0 Å². The highest BCUT2D eigenvalue weighted by Crippen LogP contribution is 2.25. The quantitative estimate of drug-likeness (QED) is 0.711. The van der Waals surface area contributed by atoms with Gasteiger partial charge in [0.1, 0.15) is 0 Å². The lowest BCUT2D eigenvalue weighted by molar-refractivity contribution is 0.0942. The summed E-state index contributed by atoms with van der Waals surface area (Å²) in [4.78, 5) is 17.7. The molecule has 0 saturated heterocycles. The standard InChI is InChI=1S/C22H20N2O2/c25-14-15-10-11-17(12-15)23-22(26)19-13-21(16-6-2-1-3-7-16)24-20-9-5-4-8-18(19)20/h1-11,13,15,17,25H,12,14H2,(H,23,26)/t15-,17+/m0/s1. The summed E-state index contributed by atoms with van der Waals surface area (Å²) in [5.74, 6) is 0.00313. The second-order valence-electron chi connectivity index (χ2n) is 6.58. The van der Waals surface area contributed by atoms with Crippen molar-refractivity contribution in [1.82, 2.24) is 10.3 Å². The number of hydrogen-bond donors (Lipinski definition) is 2. The molecule has 0 aliphatic heterocycles. The van der Waals surface area contributed by atoms with Crippen LogP contribution in [0.5, 0.6) is 0 Å². The first-order valence-electron chi connectivity index (χ1n) is 8.80. The molecule has 0 unspecified atom stereocenters. The van der Waals surface area contributed by atoms with E-state index < -0.39 is 0 Å². The van der Waals surface area contributed by atoms with Crippen molar-refractivity contribution >= 4 is 16.8 Å². The van der Waals surface area contributed by atoms with E-state index in [4.69, 9.17) is 4.98 Å². The fourth-order valence-electron chi connectivity index (χ4n) is 3.38. The minimum absolute atomic E-state index is 0.0493. The summed E-state index contributed by atoms with van der Waals surface area (Å²) >= 11 is 0. The molecule has 4 rings (SSSR count). The highest BCUT2D eigenvalue weighted by molar-refractivity contribution is 6.07. The molecular weight excluding hydrogens is 324 g/mol. The van der Waals surface area contributed by atoms with Crippen LogP contribution in [0.15, 0.2) is 72.8 Å². The maximum atomic E-state index is 13.0. The van der Waals surface area contributed by atoms with E-state index in [0.717, 1.165) is 28.6 Å². The van der Waals surface area contributed by atoms with E-state index in [1.807, 2.05) is 72.8 Å². The van der Waals surface area contributed by atoms with Gasteiger partial charge in [0.15, 0.2) is 0 Å². The van der Waals surface area contributed by atoms with Crippen molar-refractivity contribution in [2.45, 2.75) is 12.5 Å². The lowest BCUT2D eigenvalue weighted by Crippen LogP contribution is -2.33. The summed E-state index contributed by atoms with van der Waals surface area (Å²) in [6.45, 7) is 0.110. The normalized spacial score (nSPS) is 19.0. The van der Waals surface area contributed by atoms with E-state index in [0.29, 0.717) is 5.56 Å². The molecule has 4 nitrogen and oxygen atoms in total. The van der Waals surface area contributed by atoms with Crippen molar-refractivity contribution in [2.24, 2.45) is 5.92 Å². The number of para-hydroxylation sites is 1. The molecule has 3 aromatic rings. The number of hydrogen-bond acceptors (Lipinski definition) is 3. The first-order valence-corrected chi connectivity index (χ1v) is 8.80. The molecule has 0 bridgehead atoms. The molecule has 1 aliphatic rings. The summed E-state index contributed by atoms with van der Waals surface area (Å²) < 4.78 is 0. The maximum absolute atomic E-state index is 13.0. The van der Waals surface area contributed by atoms with Crippen LogP contribution in [0.3, 0.4) is 0 Å². The van der Waals surface area contributed by atoms with Crippen LogP contribution in [0, 0.1) is 5.92 Å². The van der Waals surface area contributed by atoms with Gasteiger partial charge >= 0.3 is 0 Å². The van der Waals surface area contributed by atoms with Crippen LogP contribution in [0.25, 0.3) is 22.2 Å². The van der Waals surface area contributed by atoms with E-state index >= 15 is 0 Å². The van der Waals surface area contributed by atoms with Gasteiger partial charge in [-0.05, 0) is 18.6 Å². The van der Waals surface area contributed by atoms with Crippen LogP contribution >= 0.6 is 0 Å². The molecule has 0 radical (unpaired) electrons. The predicted molar refractivity (Wildman–Crippen MR) is 103 cm³/mol. The Labute approximate surface area is 152 Å². The number of aliphatic hydroxyl groups excluding tert-OH is 1. The summed E-state index contributed by atoms with van der Waals surface area (Å²) in [7, 11) is 0. The smallest absolute Gasteiger partial charge is 0.252 e. The lowest BCUT2D eigenvalue weighted by atomic mass is 10.0. The largest absolute Gasteiger partial charge is 0.396 e. The van der Waals surface area contributed by atoms with Crippen molar-refractivity contribution in [2.75, 3.05) is 6.61 Å². The number of carbonyl (C=O) groups excluding carboxylic acids is 1. The van der Waals surface area contributed by atoms with E-state index in [-0.39, 0.29) is 24.5 Å². The average Bonchev–Trinajstić information content (AvgIpc) is 3.15. The SMILES string of the molecule is O=C(N[C@@H]1C=C[C@H](CO)C1)c1cc(-c2ccccc2)nc2ccccc12. The fraction of sp³-hybridized carbons (Fsp3) is 0.182. The second kappa shape index (κ2) is 7.10. The second-order valence-corrected chi connectivity index (χ2v) is 6.58. The van der Waals surface area contributed by atoms with Crippen LogP contribution in [-0.2, 0) is 0 Å². The zero-order valence-corrected chi connectivity index (χ0v) is 14.3. The Morgan fingerprint density at radius 1 is 1.08 bits per heavy atom. The predicted octanol–water partition coefficient (Wildman–Crippen LogP) is 3.57. The molecule has 1 aromatic heterocycles. The van der Waals surface area contributed by atoms with Gasteiger partial charge in [-0.1, -0.05) is 60.7 Å². The first kappa shape index (κ1) is 16.5. The fourth-order valence-corrected chi connectivity index (χ4v) is 3.38. The third kappa shape index (κ3) is 3.24. The number of fused-ring (bicyclic) bond motifs is 1. The Kier molecular flexibility index (Phi) is 4.50.